The van der Waals surface area contributed by atoms with Crippen LogP contribution in [0.15, 0.2) is 24.3 Å². The van der Waals surface area contributed by atoms with Crippen molar-refractivity contribution in [1.82, 2.24) is 9.97 Å². The summed E-state index contributed by atoms with van der Waals surface area (Å²) in [5, 5.41) is 13.3. The number of aliphatic hydroxyl groups excluding tert-OH is 1. The zero-order valence-corrected chi connectivity index (χ0v) is 15.7. The molecule has 1 fully saturated rings. The van der Waals surface area contributed by atoms with Gasteiger partial charge >= 0.3 is 0 Å². The van der Waals surface area contributed by atoms with E-state index in [1.807, 2.05) is 19.9 Å². The second-order valence-corrected chi connectivity index (χ2v) is 7.69. The molecule has 1 aromatic heterocycles. The van der Waals surface area contributed by atoms with E-state index in [1.54, 1.807) is 0 Å². The van der Waals surface area contributed by atoms with Crippen LogP contribution in [0.5, 0.6) is 0 Å². The van der Waals surface area contributed by atoms with E-state index in [-0.39, 0.29) is 0 Å². The van der Waals surface area contributed by atoms with Crippen molar-refractivity contribution >= 4 is 11.8 Å². The van der Waals surface area contributed by atoms with Gasteiger partial charge < -0.3 is 15.3 Å². The van der Waals surface area contributed by atoms with Crippen LogP contribution in [0, 0.1) is 6.92 Å². The largest absolute Gasteiger partial charge is 0.389 e. The van der Waals surface area contributed by atoms with Gasteiger partial charge in [-0.3, -0.25) is 0 Å². The van der Waals surface area contributed by atoms with Crippen LogP contribution in [0.25, 0.3) is 0 Å². The molecule has 1 aromatic carbocycles. The molecule has 1 aliphatic carbocycles. The zero-order valence-electron chi connectivity index (χ0n) is 15.7. The molecule has 1 aliphatic heterocycles. The number of nitrogens with zero attached hydrogens (tertiary/aromatic N) is 3. The highest BCUT2D eigenvalue weighted by molar-refractivity contribution is 5.49. The summed E-state index contributed by atoms with van der Waals surface area (Å²) < 4.78 is 0. The van der Waals surface area contributed by atoms with E-state index in [0.717, 1.165) is 42.5 Å². The summed E-state index contributed by atoms with van der Waals surface area (Å²) in [6.45, 7) is 5.65. The summed E-state index contributed by atoms with van der Waals surface area (Å²) in [6, 6.07) is 8.93. The summed E-state index contributed by atoms with van der Waals surface area (Å²) in [6.07, 6.45) is 5.60. The van der Waals surface area contributed by atoms with Crippen LogP contribution in [0.1, 0.15) is 61.1 Å². The average molecular weight is 352 g/mol. The number of nitrogens with one attached hydrogen (secondary N) is 1. The maximum absolute atomic E-state index is 9.80. The number of hydrogen-bond donors (Lipinski definition) is 2. The molecule has 2 heterocycles. The van der Waals surface area contributed by atoms with Gasteiger partial charge in [-0.2, -0.15) is 4.98 Å². The molecule has 0 radical (unpaired) electrons. The first-order chi connectivity index (χ1) is 12.6. The van der Waals surface area contributed by atoms with Crippen LogP contribution < -0.4 is 10.2 Å². The van der Waals surface area contributed by atoms with Crippen molar-refractivity contribution in [2.75, 3.05) is 16.8 Å². The maximum Gasteiger partial charge on any atom is 0.225 e. The number of aromatic nitrogens is 2. The van der Waals surface area contributed by atoms with E-state index in [0.29, 0.717) is 6.04 Å². The Kier molecular flexibility index (Phi) is 4.81. The lowest BCUT2D eigenvalue weighted by atomic mass is 9.96. The molecule has 2 aromatic rings. The molecule has 26 heavy (non-hydrogen) atoms. The highest BCUT2D eigenvalue weighted by atomic mass is 16.3. The third-order valence-electron chi connectivity index (χ3n) is 5.58. The molecule has 5 heteroatoms. The van der Waals surface area contributed by atoms with Crippen molar-refractivity contribution in [3.63, 3.8) is 0 Å². The lowest BCUT2D eigenvalue weighted by Gasteiger charge is -2.30. The maximum atomic E-state index is 9.80. The molecular formula is C21H28N4O. The monoisotopic (exact) mass is 352 g/mol. The highest BCUT2D eigenvalue weighted by Crippen LogP contribution is 2.27. The van der Waals surface area contributed by atoms with Crippen LogP contribution >= 0.6 is 0 Å². The Morgan fingerprint density at radius 3 is 2.73 bits per heavy atom. The number of rotatable bonds is 4. The number of benzene rings is 1. The lowest BCUT2D eigenvalue weighted by Crippen LogP contribution is -2.31. The Morgan fingerprint density at radius 1 is 1.15 bits per heavy atom. The van der Waals surface area contributed by atoms with E-state index < -0.39 is 6.10 Å². The van der Waals surface area contributed by atoms with Crippen LogP contribution in [-0.2, 0) is 13.0 Å². The fraction of sp³-hybridized carbons (Fsp3) is 0.524. The van der Waals surface area contributed by atoms with E-state index in [1.165, 1.54) is 36.8 Å². The van der Waals surface area contributed by atoms with Gasteiger partial charge in [0.2, 0.25) is 5.95 Å². The van der Waals surface area contributed by atoms with Crippen molar-refractivity contribution in [3.05, 3.63) is 46.6 Å². The van der Waals surface area contributed by atoms with Crippen molar-refractivity contribution in [1.29, 1.82) is 0 Å². The minimum absolute atomic E-state index is 0.410. The minimum Gasteiger partial charge on any atom is -0.389 e. The van der Waals surface area contributed by atoms with E-state index in [4.69, 9.17) is 4.98 Å². The van der Waals surface area contributed by atoms with Crippen molar-refractivity contribution in [2.24, 2.45) is 0 Å². The van der Waals surface area contributed by atoms with Crippen molar-refractivity contribution in [3.8, 4) is 0 Å². The molecule has 138 valence electrons. The summed E-state index contributed by atoms with van der Waals surface area (Å²) >= 11 is 0. The van der Waals surface area contributed by atoms with Crippen LogP contribution in [-0.4, -0.2) is 27.7 Å². The smallest absolute Gasteiger partial charge is 0.225 e. The standard InChI is InChI=1S/C21H28N4O/c1-14-11-20(24-21(22-14)23-19-5-3-4-6-19)25-10-9-17-12-16(15(2)26)7-8-18(17)13-25/h7-8,11-12,15,19,26H,3-6,9-10,13H2,1-2H3,(H,22,23,24)/t15-/m1/s1. The number of aryl methyl sites for hydroxylation is 1. The SMILES string of the molecule is Cc1cc(N2CCc3cc([C@@H](C)O)ccc3C2)nc(NC2CCCC2)n1. The van der Waals surface area contributed by atoms with Gasteiger partial charge in [0.1, 0.15) is 5.82 Å². The number of fused-ring (bicyclic) bond motifs is 1. The quantitative estimate of drug-likeness (QED) is 0.877. The summed E-state index contributed by atoms with van der Waals surface area (Å²) in [5.74, 6) is 1.77. The molecule has 0 bridgehead atoms. The van der Waals surface area contributed by atoms with Gasteiger partial charge in [0, 0.05) is 30.9 Å². The predicted octanol–water partition coefficient (Wildman–Crippen LogP) is 3.76. The topological polar surface area (TPSA) is 61.3 Å². The zero-order chi connectivity index (χ0) is 18.1. The molecule has 0 amide bonds. The van der Waals surface area contributed by atoms with Gasteiger partial charge in [0.25, 0.3) is 0 Å². The second kappa shape index (κ2) is 7.23. The summed E-state index contributed by atoms with van der Waals surface area (Å²) in [5.41, 5.74) is 4.67. The third kappa shape index (κ3) is 3.68. The number of aliphatic hydroxyl groups is 1. The molecule has 1 saturated carbocycles. The second-order valence-electron chi connectivity index (χ2n) is 7.69. The van der Waals surface area contributed by atoms with Gasteiger partial charge in [0.05, 0.1) is 6.10 Å². The minimum atomic E-state index is -0.410. The van der Waals surface area contributed by atoms with Gasteiger partial charge in [0.15, 0.2) is 0 Å². The summed E-state index contributed by atoms with van der Waals surface area (Å²) in [4.78, 5) is 11.7. The third-order valence-corrected chi connectivity index (χ3v) is 5.58. The van der Waals surface area contributed by atoms with Crippen LogP contribution in [0.2, 0.25) is 0 Å². The van der Waals surface area contributed by atoms with Crippen molar-refractivity contribution in [2.45, 2.75) is 64.6 Å². The molecule has 0 spiro atoms. The lowest BCUT2D eigenvalue weighted by molar-refractivity contribution is 0.199. The molecular weight excluding hydrogens is 324 g/mol. The van der Waals surface area contributed by atoms with Crippen LogP contribution in [0.4, 0.5) is 11.8 Å². The first-order valence-corrected chi connectivity index (χ1v) is 9.75. The highest BCUT2D eigenvalue weighted by Gasteiger charge is 2.21. The molecule has 5 nitrogen and oxygen atoms in total. The molecule has 2 N–H and O–H groups in total. The molecule has 4 rings (SSSR count). The number of hydrogen-bond acceptors (Lipinski definition) is 5. The normalized spacial score (nSPS) is 18.7. The first kappa shape index (κ1) is 17.3. The Bertz CT molecular complexity index is 784. The van der Waals surface area contributed by atoms with Gasteiger partial charge in [-0.05, 0) is 49.8 Å². The predicted molar refractivity (Wildman–Crippen MR) is 104 cm³/mol. The fourth-order valence-electron chi connectivity index (χ4n) is 4.06. The van der Waals surface area contributed by atoms with Gasteiger partial charge in [-0.25, -0.2) is 4.98 Å². The van der Waals surface area contributed by atoms with E-state index in [9.17, 15) is 5.11 Å². The fourth-order valence-corrected chi connectivity index (χ4v) is 4.06. The molecule has 2 aliphatic rings. The van der Waals surface area contributed by atoms with Gasteiger partial charge in [-0.15, -0.1) is 0 Å². The first-order valence-electron chi connectivity index (χ1n) is 9.75. The number of anilines is 2. The Labute approximate surface area is 155 Å². The molecule has 1 atom stereocenters. The van der Waals surface area contributed by atoms with Crippen molar-refractivity contribution < 1.29 is 5.11 Å². The van der Waals surface area contributed by atoms with Crippen LogP contribution in [0.3, 0.4) is 0 Å². The Morgan fingerprint density at radius 2 is 1.96 bits per heavy atom. The molecule has 0 unspecified atom stereocenters. The molecule has 0 saturated heterocycles. The van der Waals surface area contributed by atoms with E-state index >= 15 is 0 Å². The average Bonchev–Trinajstić information content (AvgIpc) is 3.13. The van der Waals surface area contributed by atoms with Gasteiger partial charge in [-0.1, -0.05) is 31.0 Å². The van der Waals surface area contributed by atoms with E-state index in [2.05, 4.69) is 33.4 Å². The Balaban J connectivity index is 1.53. The Hall–Kier alpha value is -2.14. The summed E-state index contributed by atoms with van der Waals surface area (Å²) in [7, 11) is 0.